The zero-order valence-electron chi connectivity index (χ0n) is 7.17. The Balaban J connectivity index is 0.000000336. The number of halogens is 1. The van der Waals surface area contributed by atoms with Gasteiger partial charge in [-0.25, -0.2) is 0 Å². The average Bonchev–Trinajstić information content (AvgIpc) is 2.57. The summed E-state index contributed by atoms with van der Waals surface area (Å²) in [5, 5.41) is 3.50. The highest BCUT2D eigenvalue weighted by atomic mass is 32.1. The van der Waals surface area contributed by atoms with Crippen molar-refractivity contribution in [2.75, 3.05) is 7.18 Å². The molecule has 1 heterocycles. The Morgan fingerprint density at radius 1 is 1.17 bits per heavy atom. The summed E-state index contributed by atoms with van der Waals surface area (Å²) in [7, 11) is 0.500. The first kappa shape index (κ1) is 9.20. The summed E-state index contributed by atoms with van der Waals surface area (Å²) in [6.45, 7) is 2.15. The van der Waals surface area contributed by atoms with Gasteiger partial charge in [-0.2, -0.15) is 0 Å². The van der Waals surface area contributed by atoms with E-state index in [1.165, 1.54) is 15.6 Å². The van der Waals surface area contributed by atoms with Crippen molar-refractivity contribution in [3.8, 4) is 0 Å². The lowest BCUT2D eigenvalue weighted by Gasteiger charge is -1.91. The molecule has 0 bridgehead atoms. The molecule has 0 unspecified atom stereocenters. The van der Waals surface area contributed by atoms with E-state index in [9.17, 15) is 4.39 Å². The molecule has 0 nitrogen and oxygen atoms in total. The summed E-state index contributed by atoms with van der Waals surface area (Å²) in [6.07, 6.45) is 0. The van der Waals surface area contributed by atoms with Crippen LogP contribution in [-0.4, -0.2) is 7.18 Å². The summed E-state index contributed by atoms with van der Waals surface area (Å²) < 4.78 is 10.9. The minimum Gasteiger partial charge on any atom is -0.255 e. The maximum absolute atomic E-state index is 9.50. The van der Waals surface area contributed by atoms with Crippen LogP contribution in [0.3, 0.4) is 0 Å². The molecule has 0 aliphatic carbocycles. The zero-order valence-corrected chi connectivity index (χ0v) is 7.99. The van der Waals surface area contributed by atoms with E-state index in [2.05, 4.69) is 36.6 Å². The van der Waals surface area contributed by atoms with Crippen LogP contribution in [0.5, 0.6) is 0 Å². The lowest BCUT2D eigenvalue weighted by Crippen LogP contribution is -1.67. The van der Waals surface area contributed by atoms with E-state index in [0.29, 0.717) is 7.18 Å². The smallest absolute Gasteiger partial charge is 0.0785 e. The van der Waals surface area contributed by atoms with Crippen LogP contribution in [0, 0.1) is 6.92 Å². The van der Waals surface area contributed by atoms with Crippen molar-refractivity contribution in [3.63, 3.8) is 0 Å². The van der Waals surface area contributed by atoms with Gasteiger partial charge in [0.1, 0.15) is 0 Å². The first-order chi connectivity index (χ1) is 5.88. The van der Waals surface area contributed by atoms with E-state index in [1.807, 2.05) is 11.3 Å². The summed E-state index contributed by atoms with van der Waals surface area (Å²) in [6, 6.07) is 8.56. The third kappa shape index (κ3) is 1.64. The van der Waals surface area contributed by atoms with E-state index < -0.39 is 0 Å². The third-order valence-electron chi connectivity index (χ3n) is 1.68. The SMILES string of the molecule is CF.Cc1cccc2ccsc12. The molecule has 12 heavy (non-hydrogen) atoms. The highest BCUT2D eigenvalue weighted by molar-refractivity contribution is 7.17. The quantitative estimate of drug-likeness (QED) is 0.581. The predicted octanol–water partition coefficient (Wildman–Crippen LogP) is 3.80. The molecule has 0 atom stereocenters. The lowest BCUT2D eigenvalue weighted by molar-refractivity contribution is 0.636. The van der Waals surface area contributed by atoms with E-state index in [-0.39, 0.29) is 0 Å². The van der Waals surface area contributed by atoms with Crippen molar-refractivity contribution in [3.05, 3.63) is 35.2 Å². The van der Waals surface area contributed by atoms with Crippen molar-refractivity contribution in [1.29, 1.82) is 0 Å². The molecule has 2 aromatic rings. The fourth-order valence-corrected chi connectivity index (χ4v) is 2.02. The molecule has 64 valence electrons. The van der Waals surface area contributed by atoms with Gasteiger partial charge in [0, 0.05) is 4.70 Å². The first-order valence-electron chi connectivity index (χ1n) is 3.68. The minimum absolute atomic E-state index is 0.500. The molecular formula is C10H11FS. The van der Waals surface area contributed by atoms with Gasteiger partial charge in [-0.15, -0.1) is 11.3 Å². The number of alkyl halides is 1. The molecule has 1 aromatic carbocycles. The van der Waals surface area contributed by atoms with Gasteiger partial charge in [0.2, 0.25) is 0 Å². The van der Waals surface area contributed by atoms with Crippen molar-refractivity contribution in [2.45, 2.75) is 6.92 Å². The van der Waals surface area contributed by atoms with Crippen LogP contribution in [0.2, 0.25) is 0 Å². The number of benzene rings is 1. The van der Waals surface area contributed by atoms with Crippen molar-refractivity contribution in [2.24, 2.45) is 0 Å². The second kappa shape index (κ2) is 4.21. The molecule has 2 heteroatoms. The highest BCUT2D eigenvalue weighted by Crippen LogP contribution is 2.23. The van der Waals surface area contributed by atoms with Crippen LogP contribution >= 0.6 is 11.3 Å². The van der Waals surface area contributed by atoms with Gasteiger partial charge in [-0.1, -0.05) is 18.2 Å². The Morgan fingerprint density at radius 3 is 2.58 bits per heavy atom. The van der Waals surface area contributed by atoms with Crippen LogP contribution in [-0.2, 0) is 0 Å². The van der Waals surface area contributed by atoms with E-state index in [1.54, 1.807) is 0 Å². The molecule has 0 saturated heterocycles. The molecule has 2 rings (SSSR count). The number of hydrogen-bond donors (Lipinski definition) is 0. The first-order valence-corrected chi connectivity index (χ1v) is 4.56. The maximum Gasteiger partial charge on any atom is 0.0785 e. The van der Waals surface area contributed by atoms with Gasteiger partial charge in [0.25, 0.3) is 0 Å². The molecule has 0 saturated carbocycles. The predicted molar refractivity (Wildman–Crippen MR) is 53.6 cm³/mol. The molecule has 0 fully saturated rings. The number of hydrogen-bond acceptors (Lipinski definition) is 1. The molecule has 0 amide bonds. The Kier molecular flexibility index (Phi) is 3.23. The normalized spacial score (nSPS) is 9.25. The number of rotatable bonds is 0. The number of fused-ring (bicyclic) bond motifs is 1. The Hall–Kier alpha value is -0.890. The van der Waals surface area contributed by atoms with E-state index in [0.717, 1.165) is 0 Å². The highest BCUT2D eigenvalue weighted by Gasteiger charge is 1.94. The summed E-state index contributed by atoms with van der Waals surface area (Å²) in [5.41, 5.74) is 1.38. The van der Waals surface area contributed by atoms with Crippen LogP contribution in [0.1, 0.15) is 5.56 Å². The molecule has 0 radical (unpaired) electrons. The fraction of sp³-hybridized carbons (Fsp3) is 0.200. The van der Waals surface area contributed by atoms with Gasteiger partial charge in [0.15, 0.2) is 0 Å². The molecular weight excluding hydrogens is 171 g/mol. The van der Waals surface area contributed by atoms with Crippen LogP contribution in [0.15, 0.2) is 29.6 Å². The molecule has 0 aliphatic rings. The number of thiophene rings is 1. The summed E-state index contributed by atoms with van der Waals surface area (Å²) >= 11 is 1.81. The van der Waals surface area contributed by atoms with Crippen molar-refractivity contribution in [1.82, 2.24) is 0 Å². The maximum atomic E-state index is 9.50. The van der Waals surface area contributed by atoms with Gasteiger partial charge in [0.05, 0.1) is 7.18 Å². The van der Waals surface area contributed by atoms with Crippen LogP contribution < -0.4 is 0 Å². The van der Waals surface area contributed by atoms with E-state index >= 15 is 0 Å². The molecule has 0 spiro atoms. The second-order valence-electron chi connectivity index (χ2n) is 2.41. The van der Waals surface area contributed by atoms with Crippen LogP contribution in [0.4, 0.5) is 4.39 Å². The average molecular weight is 182 g/mol. The van der Waals surface area contributed by atoms with E-state index in [4.69, 9.17) is 0 Å². The Morgan fingerprint density at radius 2 is 1.92 bits per heavy atom. The Bertz CT molecular complexity index is 351. The van der Waals surface area contributed by atoms with Gasteiger partial charge >= 0.3 is 0 Å². The molecule has 0 aliphatic heterocycles. The summed E-state index contributed by atoms with van der Waals surface area (Å²) in [4.78, 5) is 0. The number of aryl methyl sites for hydroxylation is 1. The fourth-order valence-electron chi connectivity index (χ4n) is 1.14. The minimum atomic E-state index is 0.500. The third-order valence-corrected chi connectivity index (χ3v) is 2.74. The van der Waals surface area contributed by atoms with Gasteiger partial charge in [-0.05, 0) is 29.3 Å². The standard InChI is InChI=1S/C9H8S.CH3F/c1-7-3-2-4-8-5-6-10-9(7)8;1-2/h2-6H,1H3;1H3. The lowest BCUT2D eigenvalue weighted by atomic mass is 10.2. The van der Waals surface area contributed by atoms with Gasteiger partial charge in [-0.3, -0.25) is 4.39 Å². The molecule has 1 aromatic heterocycles. The topological polar surface area (TPSA) is 0 Å². The van der Waals surface area contributed by atoms with Crippen LogP contribution in [0.25, 0.3) is 10.1 Å². The Labute approximate surface area is 75.7 Å². The second-order valence-corrected chi connectivity index (χ2v) is 3.33. The largest absolute Gasteiger partial charge is 0.255 e. The van der Waals surface area contributed by atoms with Gasteiger partial charge < -0.3 is 0 Å². The zero-order chi connectivity index (χ0) is 8.97. The molecule has 0 N–H and O–H groups in total. The van der Waals surface area contributed by atoms with Crippen molar-refractivity contribution < 1.29 is 4.39 Å². The summed E-state index contributed by atoms with van der Waals surface area (Å²) in [5.74, 6) is 0. The van der Waals surface area contributed by atoms with Crippen molar-refractivity contribution >= 4 is 21.4 Å². The monoisotopic (exact) mass is 182 g/mol.